The lowest BCUT2D eigenvalue weighted by atomic mass is 10.2. The third-order valence-corrected chi connectivity index (χ3v) is 4.03. The Bertz CT molecular complexity index is 710. The van der Waals surface area contributed by atoms with E-state index in [0.29, 0.717) is 11.3 Å². The monoisotopic (exact) mass is 325 g/mol. The first-order valence-corrected chi connectivity index (χ1v) is 7.95. The summed E-state index contributed by atoms with van der Waals surface area (Å²) in [6.07, 6.45) is 3.83. The number of para-hydroxylation sites is 1. The topological polar surface area (TPSA) is 73.7 Å². The number of aromatic nitrogens is 1. The highest BCUT2D eigenvalue weighted by molar-refractivity contribution is 6.08. The molecule has 2 aromatic rings. The van der Waals surface area contributed by atoms with Crippen LogP contribution in [0.2, 0.25) is 0 Å². The summed E-state index contributed by atoms with van der Waals surface area (Å²) in [4.78, 5) is 31.6. The number of anilines is 2. The zero-order chi connectivity index (χ0) is 16.9. The number of hydrogen-bond acceptors (Lipinski definition) is 4. The Balaban J connectivity index is 1.82. The summed E-state index contributed by atoms with van der Waals surface area (Å²) in [7, 11) is 0. The number of carbonyl (C=O) groups is 2. The maximum absolute atomic E-state index is 12.7. The van der Waals surface area contributed by atoms with Crippen LogP contribution in [0.4, 0.5) is 11.5 Å². The minimum absolute atomic E-state index is 0.371. The second kappa shape index (κ2) is 7.12. The quantitative estimate of drug-likeness (QED) is 0.914. The zero-order valence-corrected chi connectivity index (χ0v) is 13.3. The first kappa shape index (κ1) is 16.0. The van der Waals surface area contributed by atoms with Gasteiger partial charge in [-0.1, -0.05) is 18.2 Å². The molecule has 0 atom stereocenters. The minimum Gasteiger partial charge on any atom is -0.480 e. The second-order valence-corrected chi connectivity index (χ2v) is 5.72. The Labute approximate surface area is 140 Å². The van der Waals surface area contributed by atoms with Crippen molar-refractivity contribution >= 4 is 23.4 Å². The highest BCUT2D eigenvalue weighted by Gasteiger charge is 2.21. The van der Waals surface area contributed by atoms with Gasteiger partial charge in [-0.15, -0.1) is 0 Å². The zero-order valence-electron chi connectivity index (χ0n) is 13.3. The van der Waals surface area contributed by atoms with Crippen molar-refractivity contribution in [3.05, 3.63) is 54.2 Å². The van der Waals surface area contributed by atoms with Crippen LogP contribution in [-0.2, 0) is 4.79 Å². The molecule has 1 aromatic carbocycles. The molecule has 1 saturated heterocycles. The van der Waals surface area contributed by atoms with Crippen LogP contribution in [0, 0.1) is 0 Å². The first-order chi connectivity index (χ1) is 11.6. The molecule has 0 radical (unpaired) electrons. The Hall–Kier alpha value is -2.89. The molecule has 1 amide bonds. The summed E-state index contributed by atoms with van der Waals surface area (Å²) >= 11 is 0. The predicted octanol–water partition coefficient (Wildman–Crippen LogP) is 2.41. The molecule has 3 rings (SSSR count). The highest BCUT2D eigenvalue weighted by atomic mass is 16.4. The molecule has 0 bridgehead atoms. The number of benzene rings is 1. The maximum Gasteiger partial charge on any atom is 0.323 e. The Morgan fingerprint density at radius 1 is 1.08 bits per heavy atom. The van der Waals surface area contributed by atoms with E-state index in [1.807, 2.05) is 12.1 Å². The van der Waals surface area contributed by atoms with E-state index in [2.05, 4.69) is 9.88 Å². The molecule has 1 aromatic heterocycles. The standard InChI is InChI=1S/C18H19N3O3/c22-17(23)13-21(15-6-2-1-3-7-15)18(24)14-8-9-16(19-12-14)20-10-4-5-11-20/h1-3,6-9,12H,4-5,10-11,13H2,(H,22,23). The van der Waals surface area contributed by atoms with Gasteiger partial charge in [-0.3, -0.25) is 14.5 Å². The normalized spacial score (nSPS) is 13.8. The third kappa shape index (κ3) is 3.53. The lowest BCUT2D eigenvalue weighted by Gasteiger charge is -2.21. The molecule has 1 aliphatic heterocycles. The number of carbonyl (C=O) groups excluding carboxylic acids is 1. The van der Waals surface area contributed by atoms with Gasteiger partial charge in [0.25, 0.3) is 5.91 Å². The Morgan fingerprint density at radius 2 is 1.79 bits per heavy atom. The van der Waals surface area contributed by atoms with Crippen LogP contribution in [0.5, 0.6) is 0 Å². The number of carboxylic acid groups (broad SMARTS) is 1. The SMILES string of the molecule is O=C(O)CN(C(=O)c1ccc(N2CCCC2)nc1)c1ccccc1. The van der Waals surface area contributed by atoms with Crippen molar-refractivity contribution in [3.8, 4) is 0 Å². The number of hydrogen-bond donors (Lipinski definition) is 1. The van der Waals surface area contributed by atoms with Crippen LogP contribution in [0.25, 0.3) is 0 Å². The summed E-state index contributed by atoms with van der Waals surface area (Å²) in [5, 5.41) is 9.11. The molecule has 1 N–H and O–H groups in total. The lowest BCUT2D eigenvalue weighted by Crippen LogP contribution is -2.35. The Kier molecular flexibility index (Phi) is 4.74. The van der Waals surface area contributed by atoms with Crippen LogP contribution >= 0.6 is 0 Å². The molecule has 0 saturated carbocycles. The van der Waals surface area contributed by atoms with Crippen LogP contribution in [0.1, 0.15) is 23.2 Å². The van der Waals surface area contributed by atoms with E-state index in [-0.39, 0.29) is 5.91 Å². The van der Waals surface area contributed by atoms with Crippen LogP contribution in [0.3, 0.4) is 0 Å². The van der Waals surface area contributed by atoms with Gasteiger partial charge in [-0.25, -0.2) is 4.98 Å². The minimum atomic E-state index is -1.06. The molecule has 1 aliphatic rings. The Morgan fingerprint density at radius 3 is 2.38 bits per heavy atom. The maximum atomic E-state index is 12.7. The molecule has 0 unspecified atom stereocenters. The van der Waals surface area contributed by atoms with Crippen molar-refractivity contribution in [1.29, 1.82) is 0 Å². The highest BCUT2D eigenvalue weighted by Crippen LogP contribution is 2.20. The number of nitrogens with zero attached hydrogens (tertiary/aromatic N) is 3. The summed E-state index contributed by atoms with van der Waals surface area (Å²) in [6.45, 7) is 1.57. The summed E-state index contributed by atoms with van der Waals surface area (Å²) < 4.78 is 0. The van der Waals surface area contributed by atoms with Gasteiger partial charge in [-0.05, 0) is 37.1 Å². The number of amides is 1. The first-order valence-electron chi connectivity index (χ1n) is 7.95. The molecule has 124 valence electrons. The molecule has 0 aliphatic carbocycles. The predicted molar refractivity (Wildman–Crippen MR) is 91.4 cm³/mol. The largest absolute Gasteiger partial charge is 0.480 e. The molecular formula is C18H19N3O3. The van der Waals surface area contributed by atoms with Gasteiger partial charge < -0.3 is 10.0 Å². The molecule has 6 heteroatoms. The van der Waals surface area contributed by atoms with Crippen LogP contribution in [0.15, 0.2) is 48.7 Å². The lowest BCUT2D eigenvalue weighted by molar-refractivity contribution is -0.135. The van der Waals surface area contributed by atoms with Gasteiger partial charge in [0.05, 0.1) is 5.56 Å². The van der Waals surface area contributed by atoms with Gasteiger partial charge in [-0.2, -0.15) is 0 Å². The van der Waals surface area contributed by atoms with Gasteiger partial charge in [0.1, 0.15) is 12.4 Å². The van der Waals surface area contributed by atoms with Gasteiger partial charge >= 0.3 is 5.97 Å². The summed E-state index contributed by atoms with van der Waals surface area (Å²) in [5.74, 6) is -0.577. The number of pyridine rings is 1. The molecule has 6 nitrogen and oxygen atoms in total. The molecule has 1 fully saturated rings. The second-order valence-electron chi connectivity index (χ2n) is 5.72. The number of rotatable bonds is 5. The fourth-order valence-corrected chi connectivity index (χ4v) is 2.83. The summed E-state index contributed by atoms with van der Waals surface area (Å²) in [5.41, 5.74) is 0.927. The van der Waals surface area contributed by atoms with E-state index in [0.717, 1.165) is 31.7 Å². The van der Waals surface area contributed by atoms with Gasteiger partial charge in [0.15, 0.2) is 0 Å². The molecule has 2 heterocycles. The third-order valence-electron chi connectivity index (χ3n) is 4.03. The molecule has 0 spiro atoms. The van der Waals surface area contributed by atoms with E-state index in [1.165, 1.54) is 11.1 Å². The van der Waals surface area contributed by atoms with Crippen molar-refractivity contribution in [2.45, 2.75) is 12.8 Å². The molecule has 24 heavy (non-hydrogen) atoms. The van der Waals surface area contributed by atoms with Crippen LogP contribution in [-0.4, -0.2) is 41.6 Å². The van der Waals surface area contributed by atoms with Crippen molar-refractivity contribution in [2.75, 3.05) is 29.4 Å². The van der Waals surface area contributed by atoms with Gasteiger partial charge in [0, 0.05) is 25.0 Å². The fraction of sp³-hybridized carbons (Fsp3) is 0.278. The fourth-order valence-electron chi connectivity index (χ4n) is 2.83. The average Bonchev–Trinajstić information content (AvgIpc) is 3.14. The van der Waals surface area contributed by atoms with E-state index >= 15 is 0 Å². The van der Waals surface area contributed by atoms with Crippen molar-refractivity contribution < 1.29 is 14.7 Å². The van der Waals surface area contributed by atoms with Crippen molar-refractivity contribution in [3.63, 3.8) is 0 Å². The molecular weight excluding hydrogens is 306 g/mol. The van der Waals surface area contributed by atoms with E-state index < -0.39 is 12.5 Å². The average molecular weight is 325 g/mol. The van der Waals surface area contributed by atoms with E-state index in [4.69, 9.17) is 5.11 Å². The number of aliphatic carboxylic acids is 1. The van der Waals surface area contributed by atoms with Crippen molar-refractivity contribution in [2.24, 2.45) is 0 Å². The van der Waals surface area contributed by atoms with E-state index in [9.17, 15) is 9.59 Å². The summed E-state index contributed by atoms with van der Waals surface area (Å²) in [6, 6.07) is 12.3. The van der Waals surface area contributed by atoms with Gasteiger partial charge in [0.2, 0.25) is 0 Å². The van der Waals surface area contributed by atoms with Crippen LogP contribution < -0.4 is 9.80 Å². The van der Waals surface area contributed by atoms with E-state index in [1.54, 1.807) is 30.3 Å². The van der Waals surface area contributed by atoms with Crippen molar-refractivity contribution in [1.82, 2.24) is 4.98 Å². The smallest absolute Gasteiger partial charge is 0.323 e. The number of carboxylic acids is 1.